The molecule has 0 N–H and O–H groups in total. The maximum absolute atomic E-state index is 14.0. The molecule has 0 aliphatic carbocycles. The van der Waals surface area contributed by atoms with Crippen LogP contribution in [0.5, 0.6) is 0 Å². The fourth-order valence-electron chi connectivity index (χ4n) is 1.88. The molecule has 1 aliphatic heterocycles. The Bertz CT molecular complexity index is 456. The molecule has 2 rings (SSSR count). The van der Waals surface area contributed by atoms with Gasteiger partial charge < -0.3 is 4.90 Å². The van der Waals surface area contributed by atoms with Gasteiger partial charge in [0.05, 0.1) is 24.4 Å². The molecule has 1 aromatic heterocycles. The number of nitrogens with zero attached hydrogens (tertiary/aromatic N) is 3. The molecule has 1 unspecified atom stereocenters. The van der Waals surface area contributed by atoms with Gasteiger partial charge >= 0.3 is 0 Å². The van der Waals surface area contributed by atoms with Crippen molar-refractivity contribution >= 4 is 22.8 Å². The molecule has 0 aromatic carbocycles. The maximum atomic E-state index is 14.0. The van der Waals surface area contributed by atoms with Crippen molar-refractivity contribution in [3.8, 4) is 0 Å². The lowest BCUT2D eigenvalue weighted by Gasteiger charge is -2.39. The number of alkyl halides is 1. The number of anilines is 1. The molecule has 7 heteroatoms. The highest BCUT2D eigenvalue weighted by Crippen LogP contribution is 2.36. The van der Waals surface area contributed by atoms with Gasteiger partial charge in [0.2, 0.25) is 11.2 Å². The largest absolute Gasteiger partial charge is 0.338 e. The Labute approximate surface area is 108 Å². The number of hydrogen-bond donors (Lipinski definition) is 0. The average Bonchev–Trinajstić information content (AvgIpc) is 2.33. The summed E-state index contributed by atoms with van der Waals surface area (Å²) < 4.78 is 26.7. The van der Waals surface area contributed by atoms with E-state index < -0.39 is 22.6 Å². The highest BCUT2D eigenvalue weighted by molar-refractivity contribution is 6.64. The molecule has 2 atom stereocenters. The quantitative estimate of drug-likeness (QED) is 0.774. The van der Waals surface area contributed by atoms with Gasteiger partial charge in [0.25, 0.3) is 0 Å². The Morgan fingerprint density at radius 3 is 2.67 bits per heavy atom. The molecule has 18 heavy (non-hydrogen) atoms. The predicted octanol–water partition coefficient (Wildman–Crippen LogP) is 1.94. The molecule has 2 heterocycles. The average molecular weight is 276 g/mol. The lowest BCUT2D eigenvalue weighted by atomic mass is 9.80. The first-order valence-electron chi connectivity index (χ1n) is 5.50. The van der Waals surface area contributed by atoms with E-state index in [1.807, 2.05) is 0 Å². The van der Waals surface area contributed by atoms with Crippen LogP contribution < -0.4 is 4.90 Å². The smallest absolute Gasteiger partial charge is 0.230 e. The van der Waals surface area contributed by atoms with Crippen LogP contribution in [0.25, 0.3) is 0 Å². The number of piperidine rings is 1. The zero-order chi connectivity index (χ0) is 13.3. The summed E-state index contributed by atoms with van der Waals surface area (Å²) in [5.74, 6) is -0.295. The van der Waals surface area contributed by atoms with Gasteiger partial charge in [0.15, 0.2) is 5.82 Å². The molecule has 4 nitrogen and oxygen atoms in total. The van der Waals surface area contributed by atoms with E-state index in [4.69, 9.17) is 11.6 Å². The molecule has 1 saturated heterocycles. The maximum Gasteiger partial charge on any atom is 0.230 e. The fourth-order valence-corrected chi connectivity index (χ4v) is 2.09. The molecule has 1 aliphatic rings. The van der Waals surface area contributed by atoms with Crippen molar-refractivity contribution < 1.29 is 13.6 Å². The van der Waals surface area contributed by atoms with E-state index in [1.165, 1.54) is 6.92 Å². The van der Waals surface area contributed by atoms with E-state index >= 15 is 0 Å². The van der Waals surface area contributed by atoms with Gasteiger partial charge in [-0.15, -0.1) is 0 Å². The van der Waals surface area contributed by atoms with Crippen molar-refractivity contribution in [3.05, 3.63) is 18.2 Å². The van der Waals surface area contributed by atoms with E-state index in [-0.39, 0.29) is 18.9 Å². The molecule has 0 spiro atoms. The van der Waals surface area contributed by atoms with Crippen molar-refractivity contribution in [2.24, 2.45) is 5.41 Å². The van der Waals surface area contributed by atoms with Gasteiger partial charge in [-0.3, -0.25) is 4.79 Å². The normalized spacial score (nSPS) is 28.2. The molecule has 0 bridgehead atoms. The van der Waals surface area contributed by atoms with E-state index in [9.17, 15) is 13.6 Å². The van der Waals surface area contributed by atoms with E-state index in [2.05, 4.69) is 9.97 Å². The van der Waals surface area contributed by atoms with Gasteiger partial charge in [-0.25, -0.2) is 18.7 Å². The summed E-state index contributed by atoms with van der Waals surface area (Å²) in [6, 6.07) is 0. The Hall–Kier alpha value is -1.30. The highest BCUT2D eigenvalue weighted by Gasteiger charge is 2.45. The summed E-state index contributed by atoms with van der Waals surface area (Å²) >= 11 is 5.43. The number of hydrogen-bond acceptors (Lipinski definition) is 4. The topological polar surface area (TPSA) is 46.1 Å². The third-order valence-electron chi connectivity index (χ3n) is 3.31. The SMILES string of the molecule is CC1(C(=O)Cl)CCN(c2ncc(F)cn2)C[C@H]1F. The summed E-state index contributed by atoms with van der Waals surface area (Å²) in [5.41, 5.74) is -1.17. The van der Waals surface area contributed by atoms with Gasteiger partial charge in [0.1, 0.15) is 6.17 Å². The molecule has 98 valence electrons. The first kappa shape index (κ1) is 13.1. The summed E-state index contributed by atoms with van der Waals surface area (Å²) in [5, 5.41) is -0.672. The van der Waals surface area contributed by atoms with Crippen molar-refractivity contribution in [2.75, 3.05) is 18.0 Å². The second kappa shape index (κ2) is 4.76. The molecule has 1 aromatic rings. The van der Waals surface area contributed by atoms with Crippen LogP contribution in [0.4, 0.5) is 14.7 Å². The van der Waals surface area contributed by atoms with Gasteiger partial charge in [-0.1, -0.05) is 0 Å². The number of aromatic nitrogens is 2. The van der Waals surface area contributed by atoms with Crippen LogP contribution in [0, 0.1) is 11.2 Å². The lowest BCUT2D eigenvalue weighted by molar-refractivity contribution is -0.124. The van der Waals surface area contributed by atoms with E-state index in [0.717, 1.165) is 12.4 Å². The first-order valence-corrected chi connectivity index (χ1v) is 5.88. The summed E-state index contributed by atoms with van der Waals surface area (Å²) in [6.45, 7) is 1.89. The third kappa shape index (κ3) is 2.29. The minimum atomic E-state index is -1.40. The summed E-state index contributed by atoms with van der Waals surface area (Å²) in [6.07, 6.45) is 0.925. The zero-order valence-electron chi connectivity index (χ0n) is 9.74. The Morgan fingerprint density at radius 1 is 1.56 bits per heavy atom. The second-order valence-corrected chi connectivity index (χ2v) is 4.90. The van der Waals surface area contributed by atoms with Crippen molar-refractivity contribution in [1.82, 2.24) is 9.97 Å². The molecule has 0 amide bonds. The molecular weight excluding hydrogens is 264 g/mol. The van der Waals surface area contributed by atoms with Crippen molar-refractivity contribution in [3.63, 3.8) is 0 Å². The highest BCUT2D eigenvalue weighted by atomic mass is 35.5. The standard InChI is InChI=1S/C11H12ClF2N3O/c1-11(9(12)18)2-3-17(6-8(11)14)10-15-4-7(13)5-16-10/h4-5,8H,2-3,6H2,1H3/t8-,11?/m1/s1. The zero-order valence-corrected chi connectivity index (χ0v) is 10.5. The monoisotopic (exact) mass is 275 g/mol. The summed E-state index contributed by atoms with van der Waals surface area (Å²) in [4.78, 5) is 20.4. The number of carbonyl (C=O) groups excluding carboxylic acids is 1. The van der Waals surface area contributed by atoms with Crippen LogP contribution in [-0.2, 0) is 4.79 Å². The number of halogens is 3. The first-order chi connectivity index (χ1) is 8.43. The van der Waals surface area contributed by atoms with Crippen LogP contribution in [0.15, 0.2) is 12.4 Å². The Morgan fingerprint density at radius 2 is 2.17 bits per heavy atom. The molecular formula is C11H12ClF2N3O. The summed E-state index contributed by atoms with van der Waals surface area (Å²) in [7, 11) is 0. The minimum Gasteiger partial charge on any atom is -0.338 e. The van der Waals surface area contributed by atoms with Crippen LogP contribution in [0.3, 0.4) is 0 Å². The lowest BCUT2D eigenvalue weighted by Crippen LogP contribution is -2.50. The second-order valence-electron chi connectivity index (χ2n) is 4.56. The third-order valence-corrected chi connectivity index (χ3v) is 3.74. The fraction of sp³-hybridized carbons (Fsp3) is 0.545. The van der Waals surface area contributed by atoms with Gasteiger partial charge in [-0.05, 0) is 24.9 Å². The van der Waals surface area contributed by atoms with Gasteiger partial charge in [0, 0.05) is 6.54 Å². The predicted molar refractivity (Wildman–Crippen MR) is 62.7 cm³/mol. The van der Waals surface area contributed by atoms with Crippen molar-refractivity contribution in [1.29, 1.82) is 0 Å². The molecule has 0 saturated carbocycles. The Kier molecular flexibility index (Phi) is 3.47. The Balaban J connectivity index is 2.13. The number of rotatable bonds is 2. The van der Waals surface area contributed by atoms with Crippen LogP contribution >= 0.6 is 11.6 Å². The van der Waals surface area contributed by atoms with Crippen LogP contribution in [-0.4, -0.2) is 34.5 Å². The van der Waals surface area contributed by atoms with E-state index in [1.54, 1.807) is 4.90 Å². The van der Waals surface area contributed by atoms with Gasteiger partial charge in [-0.2, -0.15) is 0 Å². The minimum absolute atomic E-state index is 0.0272. The number of carbonyl (C=O) groups is 1. The van der Waals surface area contributed by atoms with E-state index in [0.29, 0.717) is 6.54 Å². The molecule has 0 radical (unpaired) electrons. The molecule has 1 fully saturated rings. The van der Waals surface area contributed by atoms with Crippen LogP contribution in [0.1, 0.15) is 13.3 Å². The van der Waals surface area contributed by atoms with Crippen molar-refractivity contribution in [2.45, 2.75) is 19.5 Å². The van der Waals surface area contributed by atoms with Crippen LogP contribution in [0.2, 0.25) is 0 Å².